The molecule has 10 heteroatoms. The summed E-state index contributed by atoms with van der Waals surface area (Å²) in [6.07, 6.45) is 8.16. The Hall–Kier alpha value is -5.57. The molecule has 3 aromatic carbocycles. The van der Waals surface area contributed by atoms with E-state index >= 15 is 0 Å². The number of carbonyl (C=O) groups excluding carboxylic acids is 1. The van der Waals surface area contributed by atoms with Gasteiger partial charge in [0.05, 0.1) is 17.4 Å². The van der Waals surface area contributed by atoms with Gasteiger partial charge in [-0.15, -0.1) is 0 Å². The van der Waals surface area contributed by atoms with Gasteiger partial charge in [-0.1, -0.05) is 91.0 Å². The van der Waals surface area contributed by atoms with Gasteiger partial charge in [0.15, 0.2) is 5.82 Å². The highest BCUT2D eigenvalue weighted by atomic mass is 35.5. The van der Waals surface area contributed by atoms with Gasteiger partial charge >= 0.3 is 0 Å². The van der Waals surface area contributed by atoms with Crippen LogP contribution in [0.15, 0.2) is 134 Å². The third kappa shape index (κ3) is 8.40. The number of hydrogen-bond acceptors (Lipinski definition) is 6. The van der Waals surface area contributed by atoms with Crippen LogP contribution in [-0.2, 0) is 4.74 Å². The maximum atomic E-state index is 14.7. The van der Waals surface area contributed by atoms with E-state index in [0.717, 1.165) is 51.7 Å². The third-order valence-corrected chi connectivity index (χ3v) is 9.90. The minimum Gasteiger partial charge on any atom is -0.475 e. The van der Waals surface area contributed by atoms with Crippen LogP contribution in [0.5, 0.6) is 0 Å². The number of piperidine rings is 1. The molecule has 1 unspecified atom stereocenters. The molecule has 5 aromatic rings. The Labute approximate surface area is 320 Å². The number of pyridine rings is 1. The second kappa shape index (κ2) is 16.8. The lowest BCUT2D eigenvalue weighted by Gasteiger charge is -2.34. The van der Waals surface area contributed by atoms with Gasteiger partial charge in [0, 0.05) is 64.9 Å². The average molecular weight is 746 g/mol. The quantitative estimate of drug-likeness (QED) is 0.0926. The highest BCUT2D eigenvalue weighted by Crippen LogP contribution is 2.41. The number of hydrogen-bond donors (Lipinski definition) is 2. The van der Waals surface area contributed by atoms with Crippen LogP contribution < -0.4 is 10.2 Å². The molecule has 3 heterocycles. The summed E-state index contributed by atoms with van der Waals surface area (Å²) in [5.74, 6) is 0.722. The van der Waals surface area contributed by atoms with E-state index in [1.165, 1.54) is 0 Å². The molecule has 0 saturated carbocycles. The Bertz CT molecular complexity index is 2180. The van der Waals surface area contributed by atoms with Crippen molar-refractivity contribution >= 4 is 69.0 Å². The van der Waals surface area contributed by atoms with Crippen molar-refractivity contribution < 1.29 is 9.53 Å². The standard InChI is InChI=1S/C43H42Cl2N6O2/c1-6-23-46-30(5)53-35-21-25-50(26-22-35)42-37(14-11-24-47-42)49-43(52)40-39(36-20-19-34(45)27-38(36)48-40)41(28(3)31-12-9-8-10-13-31)51(7-2)29(4)32-15-17-33(44)18-16-32/h6-20,23-24,27,29,35,48H,1-2,5,21-22,25-26H2,3-4H3,(H,49,52)/b41-28+,46-23-. The van der Waals surface area contributed by atoms with Gasteiger partial charge in [0.1, 0.15) is 11.8 Å². The zero-order valence-electron chi connectivity index (χ0n) is 29.9. The Balaban J connectivity index is 1.40. The number of carbonyl (C=O) groups is 1. The number of allylic oxidation sites excluding steroid dienone is 2. The molecule has 1 amide bonds. The van der Waals surface area contributed by atoms with Gasteiger partial charge in [-0.05, 0) is 79.7 Å². The van der Waals surface area contributed by atoms with E-state index in [2.05, 4.69) is 70.8 Å². The highest BCUT2D eigenvalue weighted by Gasteiger charge is 2.30. The van der Waals surface area contributed by atoms with Gasteiger partial charge < -0.3 is 24.8 Å². The lowest BCUT2D eigenvalue weighted by Crippen LogP contribution is -2.38. The first-order valence-corrected chi connectivity index (χ1v) is 18.2. The predicted molar refractivity (Wildman–Crippen MR) is 220 cm³/mol. The second-order valence-electron chi connectivity index (χ2n) is 12.8. The maximum absolute atomic E-state index is 14.7. The molecule has 2 N–H and O–H groups in total. The molecule has 0 bridgehead atoms. The average Bonchev–Trinajstić information content (AvgIpc) is 3.55. The van der Waals surface area contributed by atoms with Crippen LogP contribution in [0, 0.1) is 0 Å². The van der Waals surface area contributed by atoms with E-state index in [0.29, 0.717) is 46.2 Å². The maximum Gasteiger partial charge on any atom is 0.272 e. The number of aromatic nitrogens is 2. The number of halogens is 2. The van der Waals surface area contributed by atoms with E-state index in [-0.39, 0.29) is 18.1 Å². The number of anilines is 2. The van der Waals surface area contributed by atoms with E-state index in [9.17, 15) is 4.79 Å². The third-order valence-electron chi connectivity index (χ3n) is 9.41. The normalized spacial score (nSPS) is 14.5. The summed E-state index contributed by atoms with van der Waals surface area (Å²) in [5, 5.41) is 5.25. The monoisotopic (exact) mass is 744 g/mol. The highest BCUT2D eigenvalue weighted by molar-refractivity contribution is 6.31. The van der Waals surface area contributed by atoms with E-state index < -0.39 is 0 Å². The Morgan fingerprint density at radius 1 is 1.04 bits per heavy atom. The molecule has 270 valence electrons. The number of amides is 1. The summed E-state index contributed by atoms with van der Waals surface area (Å²) in [6.45, 7) is 17.3. The largest absolute Gasteiger partial charge is 0.475 e. The first-order chi connectivity index (χ1) is 25.7. The van der Waals surface area contributed by atoms with Crippen molar-refractivity contribution in [3.05, 3.63) is 161 Å². The van der Waals surface area contributed by atoms with Gasteiger partial charge in [-0.2, -0.15) is 0 Å². The molecular formula is C43H42Cl2N6O2. The van der Waals surface area contributed by atoms with Gasteiger partial charge in [-0.25, -0.2) is 9.98 Å². The van der Waals surface area contributed by atoms with E-state index in [1.54, 1.807) is 18.5 Å². The molecule has 2 aromatic heterocycles. The molecule has 6 rings (SSSR count). The van der Waals surface area contributed by atoms with Gasteiger partial charge in [-0.3, -0.25) is 4.79 Å². The minimum atomic E-state index is -0.322. The molecular weight excluding hydrogens is 703 g/mol. The number of aliphatic imine (C=N–C) groups is 1. The van der Waals surface area contributed by atoms with Crippen molar-refractivity contribution in [2.45, 2.75) is 38.8 Å². The fourth-order valence-electron chi connectivity index (χ4n) is 6.74. The Morgan fingerprint density at radius 3 is 2.45 bits per heavy atom. The summed E-state index contributed by atoms with van der Waals surface area (Å²) in [7, 11) is 0. The van der Waals surface area contributed by atoms with Crippen LogP contribution in [-0.4, -0.2) is 46.2 Å². The van der Waals surface area contributed by atoms with E-state index in [1.807, 2.05) is 79.0 Å². The van der Waals surface area contributed by atoms with Crippen molar-refractivity contribution in [1.29, 1.82) is 0 Å². The van der Waals surface area contributed by atoms with Gasteiger partial charge in [0.25, 0.3) is 5.91 Å². The van der Waals surface area contributed by atoms with Crippen molar-refractivity contribution in [2.75, 3.05) is 23.3 Å². The zero-order valence-corrected chi connectivity index (χ0v) is 31.4. The van der Waals surface area contributed by atoms with E-state index in [4.69, 9.17) is 32.9 Å². The first kappa shape index (κ1) is 37.2. The number of benzene rings is 3. The molecule has 8 nitrogen and oxygen atoms in total. The number of H-pyrrole nitrogens is 1. The van der Waals surface area contributed by atoms with Crippen molar-refractivity contribution in [3.63, 3.8) is 0 Å². The molecule has 0 spiro atoms. The Kier molecular flexibility index (Phi) is 11.8. The predicted octanol–water partition coefficient (Wildman–Crippen LogP) is 10.9. The molecule has 1 aliphatic rings. The summed E-state index contributed by atoms with van der Waals surface area (Å²) in [6, 6.07) is 27.1. The lowest BCUT2D eigenvalue weighted by molar-refractivity contribution is 0.0937. The second-order valence-corrected chi connectivity index (χ2v) is 13.6. The molecule has 0 radical (unpaired) electrons. The smallest absolute Gasteiger partial charge is 0.272 e. The SMILES string of the molecule is C=C/C=N\C(=C)OC1CCN(c2ncccc2NC(=O)c2[nH]c3cc(Cl)ccc3c2/C(=C(/C)c2ccccc2)N(C=C)C(C)c2ccc(Cl)cc2)CC1. The minimum absolute atomic E-state index is 0.0238. The summed E-state index contributed by atoms with van der Waals surface area (Å²) >= 11 is 12.8. The number of aromatic amines is 1. The van der Waals surface area contributed by atoms with Crippen LogP contribution in [0.25, 0.3) is 22.2 Å². The molecule has 1 fully saturated rings. The molecule has 1 atom stereocenters. The van der Waals surface area contributed by atoms with Crippen LogP contribution in [0.1, 0.15) is 59.9 Å². The topological polar surface area (TPSA) is 85.8 Å². The number of nitrogens with zero attached hydrogens (tertiary/aromatic N) is 4. The number of ether oxygens (including phenoxy) is 1. The molecule has 0 aliphatic carbocycles. The van der Waals surface area contributed by atoms with Crippen LogP contribution in [0.2, 0.25) is 10.0 Å². The first-order valence-electron chi connectivity index (χ1n) is 17.4. The number of nitrogens with one attached hydrogen (secondary N) is 2. The van der Waals surface area contributed by atoms with Crippen LogP contribution in [0.4, 0.5) is 11.5 Å². The van der Waals surface area contributed by atoms with Crippen LogP contribution >= 0.6 is 23.2 Å². The fraction of sp³-hybridized carbons (Fsp3) is 0.186. The molecule has 1 saturated heterocycles. The zero-order chi connectivity index (χ0) is 37.5. The molecule has 53 heavy (non-hydrogen) atoms. The summed E-state index contributed by atoms with van der Waals surface area (Å²) in [4.78, 5) is 31.2. The summed E-state index contributed by atoms with van der Waals surface area (Å²) < 4.78 is 5.94. The summed E-state index contributed by atoms with van der Waals surface area (Å²) in [5.41, 5.74) is 6.24. The van der Waals surface area contributed by atoms with Gasteiger partial charge in [0.2, 0.25) is 5.88 Å². The van der Waals surface area contributed by atoms with Crippen molar-refractivity contribution in [1.82, 2.24) is 14.9 Å². The van der Waals surface area contributed by atoms with Crippen molar-refractivity contribution in [2.24, 2.45) is 4.99 Å². The fourth-order valence-corrected chi connectivity index (χ4v) is 7.04. The van der Waals surface area contributed by atoms with Crippen LogP contribution in [0.3, 0.4) is 0 Å². The Morgan fingerprint density at radius 2 is 1.75 bits per heavy atom. The lowest BCUT2D eigenvalue weighted by atomic mass is 9.95. The van der Waals surface area contributed by atoms with Crippen molar-refractivity contribution in [3.8, 4) is 0 Å². The number of rotatable bonds is 13. The number of fused-ring (bicyclic) bond motifs is 1. The molecule has 1 aliphatic heterocycles.